The molecule has 0 bridgehead atoms. The molecule has 0 atom stereocenters. The fourth-order valence-corrected chi connectivity index (χ4v) is 2.55. The molecular formula is C16H17BrN2O. The van der Waals surface area contributed by atoms with Gasteiger partial charge in [0.2, 0.25) is 0 Å². The van der Waals surface area contributed by atoms with Gasteiger partial charge in [-0.15, -0.1) is 0 Å². The highest BCUT2D eigenvalue weighted by atomic mass is 79.9. The number of hydrogen-bond donors (Lipinski definition) is 2. The molecular weight excluding hydrogens is 316 g/mol. The van der Waals surface area contributed by atoms with E-state index in [1.165, 1.54) is 5.56 Å². The second-order valence-corrected chi connectivity index (χ2v) is 5.32. The molecule has 20 heavy (non-hydrogen) atoms. The third kappa shape index (κ3) is 3.84. The number of nitrogen functional groups attached to an aromatic ring is 1. The number of hydrogen-bond acceptors (Lipinski definition) is 2. The van der Waals surface area contributed by atoms with Crippen LogP contribution in [0.15, 0.2) is 53.0 Å². The monoisotopic (exact) mass is 332 g/mol. The van der Waals surface area contributed by atoms with Gasteiger partial charge in [-0.25, -0.2) is 0 Å². The second kappa shape index (κ2) is 7.10. The first-order valence-electron chi connectivity index (χ1n) is 6.48. The van der Waals surface area contributed by atoms with Crippen molar-refractivity contribution in [2.45, 2.75) is 12.8 Å². The van der Waals surface area contributed by atoms with E-state index in [1.54, 1.807) is 0 Å². The fraction of sp³-hybridized carbons (Fsp3) is 0.188. The Hall–Kier alpha value is -1.81. The molecule has 2 aromatic carbocycles. The van der Waals surface area contributed by atoms with E-state index < -0.39 is 0 Å². The van der Waals surface area contributed by atoms with Gasteiger partial charge in [-0.1, -0.05) is 36.4 Å². The van der Waals surface area contributed by atoms with Crippen molar-refractivity contribution >= 4 is 21.8 Å². The van der Waals surface area contributed by atoms with E-state index >= 15 is 0 Å². The standard InChI is InChI=1S/C16H17BrN2O/c17-13-9-4-10-14(15(13)16(18)19)20-11-5-8-12-6-2-1-3-7-12/h1-4,6-7,9-10H,5,8,11H2,(H3,18,19). The molecule has 0 saturated heterocycles. The summed E-state index contributed by atoms with van der Waals surface area (Å²) < 4.78 is 6.53. The minimum absolute atomic E-state index is 0.00975. The van der Waals surface area contributed by atoms with Gasteiger partial charge < -0.3 is 10.5 Å². The highest BCUT2D eigenvalue weighted by molar-refractivity contribution is 9.10. The van der Waals surface area contributed by atoms with Crippen LogP contribution in [0.5, 0.6) is 5.75 Å². The van der Waals surface area contributed by atoms with E-state index in [-0.39, 0.29) is 5.84 Å². The Morgan fingerprint density at radius 1 is 1.10 bits per heavy atom. The Kier molecular flexibility index (Phi) is 5.18. The minimum atomic E-state index is 0.00975. The quantitative estimate of drug-likeness (QED) is 0.481. The van der Waals surface area contributed by atoms with Crippen molar-refractivity contribution in [2.24, 2.45) is 5.73 Å². The number of amidine groups is 1. The maximum Gasteiger partial charge on any atom is 0.131 e. The van der Waals surface area contributed by atoms with Crippen LogP contribution in [0.25, 0.3) is 0 Å². The average Bonchev–Trinajstić information content (AvgIpc) is 2.44. The summed E-state index contributed by atoms with van der Waals surface area (Å²) in [6.45, 7) is 0.603. The lowest BCUT2D eigenvalue weighted by Gasteiger charge is -2.12. The molecule has 0 fully saturated rings. The van der Waals surface area contributed by atoms with E-state index in [1.807, 2.05) is 36.4 Å². The van der Waals surface area contributed by atoms with Crippen molar-refractivity contribution in [1.29, 1.82) is 5.41 Å². The Bertz CT molecular complexity index is 584. The lowest BCUT2D eigenvalue weighted by molar-refractivity contribution is 0.310. The first-order valence-corrected chi connectivity index (χ1v) is 7.27. The van der Waals surface area contributed by atoms with Gasteiger partial charge in [-0.05, 0) is 46.5 Å². The van der Waals surface area contributed by atoms with Crippen LogP contribution in [0.2, 0.25) is 0 Å². The summed E-state index contributed by atoms with van der Waals surface area (Å²) in [5, 5.41) is 7.60. The van der Waals surface area contributed by atoms with Crippen LogP contribution in [-0.4, -0.2) is 12.4 Å². The Morgan fingerprint density at radius 2 is 1.85 bits per heavy atom. The molecule has 0 saturated carbocycles. The zero-order valence-electron chi connectivity index (χ0n) is 11.1. The Balaban J connectivity index is 1.92. The van der Waals surface area contributed by atoms with E-state index in [0.29, 0.717) is 17.9 Å². The number of nitrogens with one attached hydrogen (secondary N) is 1. The number of benzene rings is 2. The normalized spacial score (nSPS) is 10.2. The van der Waals surface area contributed by atoms with Gasteiger partial charge >= 0.3 is 0 Å². The Labute approximate surface area is 127 Å². The van der Waals surface area contributed by atoms with Crippen molar-refractivity contribution in [3.63, 3.8) is 0 Å². The molecule has 2 aromatic rings. The van der Waals surface area contributed by atoms with Crippen LogP contribution in [0, 0.1) is 5.41 Å². The van der Waals surface area contributed by atoms with Crippen LogP contribution >= 0.6 is 15.9 Å². The highest BCUT2D eigenvalue weighted by Crippen LogP contribution is 2.26. The number of ether oxygens (including phenoxy) is 1. The molecule has 104 valence electrons. The summed E-state index contributed by atoms with van der Waals surface area (Å²) in [6.07, 6.45) is 1.90. The molecule has 0 spiro atoms. The molecule has 0 heterocycles. The average molecular weight is 333 g/mol. The maximum absolute atomic E-state index is 7.60. The molecule has 0 amide bonds. The van der Waals surface area contributed by atoms with Crippen molar-refractivity contribution in [3.8, 4) is 5.75 Å². The van der Waals surface area contributed by atoms with Crippen molar-refractivity contribution < 1.29 is 4.74 Å². The van der Waals surface area contributed by atoms with Crippen molar-refractivity contribution in [3.05, 3.63) is 64.1 Å². The molecule has 0 aliphatic rings. The van der Waals surface area contributed by atoms with E-state index in [0.717, 1.165) is 17.3 Å². The smallest absolute Gasteiger partial charge is 0.131 e. The van der Waals surface area contributed by atoms with Crippen LogP contribution in [-0.2, 0) is 6.42 Å². The SMILES string of the molecule is N=C(N)c1c(Br)cccc1OCCCc1ccccc1. The molecule has 0 radical (unpaired) electrons. The summed E-state index contributed by atoms with van der Waals surface area (Å²) in [5.74, 6) is 0.662. The fourth-order valence-electron chi connectivity index (χ4n) is 1.99. The topological polar surface area (TPSA) is 59.1 Å². The van der Waals surface area contributed by atoms with Crippen molar-refractivity contribution in [1.82, 2.24) is 0 Å². The van der Waals surface area contributed by atoms with Gasteiger partial charge in [0.25, 0.3) is 0 Å². The highest BCUT2D eigenvalue weighted by Gasteiger charge is 2.10. The third-order valence-corrected chi connectivity index (χ3v) is 3.62. The third-order valence-electron chi connectivity index (χ3n) is 2.95. The summed E-state index contributed by atoms with van der Waals surface area (Å²) in [7, 11) is 0. The summed E-state index contributed by atoms with van der Waals surface area (Å²) in [4.78, 5) is 0. The predicted octanol–water partition coefficient (Wildman–Crippen LogP) is 3.74. The lowest BCUT2D eigenvalue weighted by atomic mass is 10.1. The maximum atomic E-state index is 7.60. The van der Waals surface area contributed by atoms with E-state index in [4.69, 9.17) is 15.9 Å². The first-order chi connectivity index (χ1) is 9.68. The molecule has 0 unspecified atom stereocenters. The van der Waals surface area contributed by atoms with E-state index in [9.17, 15) is 0 Å². The zero-order valence-corrected chi connectivity index (χ0v) is 12.7. The number of rotatable bonds is 6. The van der Waals surface area contributed by atoms with Gasteiger partial charge in [-0.2, -0.15) is 0 Å². The lowest BCUT2D eigenvalue weighted by Crippen LogP contribution is -2.14. The van der Waals surface area contributed by atoms with Crippen LogP contribution in [0.4, 0.5) is 0 Å². The summed E-state index contributed by atoms with van der Waals surface area (Å²) >= 11 is 3.39. The minimum Gasteiger partial charge on any atom is -0.493 e. The molecule has 0 aromatic heterocycles. The van der Waals surface area contributed by atoms with Crippen LogP contribution in [0.1, 0.15) is 17.5 Å². The van der Waals surface area contributed by atoms with Gasteiger partial charge in [0.1, 0.15) is 11.6 Å². The van der Waals surface area contributed by atoms with Crippen LogP contribution < -0.4 is 10.5 Å². The molecule has 0 aliphatic carbocycles. The predicted molar refractivity (Wildman–Crippen MR) is 85.4 cm³/mol. The number of aryl methyl sites for hydroxylation is 1. The molecule has 4 heteroatoms. The van der Waals surface area contributed by atoms with E-state index in [2.05, 4.69) is 28.1 Å². The molecule has 3 nitrogen and oxygen atoms in total. The zero-order chi connectivity index (χ0) is 14.4. The van der Waals surface area contributed by atoms with Gasteiger partial charge in [0.05, 0.1) is 12.2 Å². The van der Waals surface area contributed by atoms with Gasteiger partial charge in [0.15, 0.2) is 0 Å². The summed E-state index contributed by atoms with van der Waals surface area (Å²) in [5.41, 5.74) is 7.50. The number of nitrogens with two attached hydrogens (primary N) is 1. The van der Waals surface area contributed by atoms with Gasteiger partial charge in [-0.3, -0.25) is 5.41 Å². The first kappa shape index (κ1) is 14.6. The molecule has 3 N–H and O–H groups in total. The second-order valence-electron chi connectivity index (χ2n) is 4.46. The Morgan fingerprint density at radius 3 is 2.55 bits per heavy atom. The van der Waals surface area contributed by atoms with Crippen molar-refractivity contribution in [2.75, 3.05) is 6.61 Å². The number of halogens is 1. The van der Waals surface area contributed by atoms with Crippen LogP contribution in [0.3, 0.4) is 0 Å². The largest absolute Gasteiger partial charge is 0.493 e. The summed E-state index contributed by atoms with van der Waals surface area (Å²) in [6, 6.07) is 15.9. The molecule has 2 rings (SSSR count). The molecule has 0 aliphatic heterocycles. The van der Waals surface area contributed by atoms with Gasteiger partial charge in [0, 0.05) is 4.47 Å².